The second-order valence-corrected chi connectivity index (χ2v) is 6.58. The van der Waals surface area contributed by atoms with Gasteiger partial charge in [-0.1, -0.05) is 18.2 Å². The van der Waals surface area contributed by atoms with Gasteiger partial charge in [0.15, 0.2) is 0 Å². The van der Waals surface area contributed by atoms with Crippen LogP contribution in [0.25, 0.3) is 0 Å². The Kier molecular flexibility index (Phi) is 6.37. The molecule has 0 aliphatic carbocycles. The minimum Gasteiger partial charge on any atom is -0.497 e. The largest absolute Gasteiger partial charge is 0.497 e. The van der Waals surface area contributed by atoms with E-state index < -0.39 is 6.04 Å². The van der Waals surface area contributed by atoms with E-state index in [-0.39, 0.29) is 11.9 Å². The highest BCUT2D eigenvalue weighted by Crippen LogP contribution is 2.21. The zero-order chi connectivity index (χ0) is 19.9. The molecule has 0 bridgehead atoms. The lowest BCUT2D eigenvalue weighted by Crippen LogP contribution is -2.47. The summed E-state index contributed by atoms with van der Waals surface area (Å²) in [6.07, 6.45) is 1.45. The van der Waals surface area contributed by atoms with Crippen molar-refractivity contribution >= 4 is 17.6 Å². The Labute approximate surface area is 164 Å². The van der Waals surface area contributed by atoms with E-state index in [0.717, 1.165) is 17.7 Å². The van der Waals surface area contributed by atoms with Crippen molar-refractivity contribution in [2.75, 3.05) is 26.1 Å². The second kappa shape index (κ2) is 9.12. The summed E-state index contributed by atoms with van der Waals surface area (Å²) >= 11 is 0. The first-order chi connectivity index (χ1) is 13.6. The van der Waals surface area contributed by atoms with Crippen LogP contribution in [-0.4, -0.2) is 43.6 Å². The van der Waals surface area contributed by atoms with E-state index in [4.69, 9.17) is 9.47 Å². The molecule has 28 heavy (non-hydrogen) atoms. The van der Waals surface area contributed by atoms with Crippen LogP contribution in [0.4, 0.5) is 10.5 Å². The van der Waals surface area contributed by atoms with Crippen molar-refractivity contribution in [1.82, 2.24) is 10.2 Å². The standard InChI is InChI=1S/C21H25N3O4/c1-27-17-10-8-15(9-11-17)14-22-20(25)19-7-4-12-24(19)21(26)23-16-5-3-6-18(13-16)28-2/h3,5-6,8-11,13,19H,4,7,12,14H2,1-2H3,(H,22,25)(H,23,26). The number of hydrogen-bond acceptors (Lipinski definition) is 4. The number of anilines is 1. The highest BCUT2D eigenvalue weighted by Gasteiger charge is 2.34. The van der Waals surface area contributed by atoms with Crippen LogP contribution in [0.1, 0.15) is 18.4 Å². The van der Waals surface area contributed by atoms with Crippen LogP contribution in [-0.2, 0) is 11.3 Å². The minimum atomic E-state index is -0.469. The zero-order valence-electron chi connectivity index (χ0n) is 16.1. The molecule has 1 saturated heterocycles. The lowest BCUT2D eigenvalue weighted by Gasteiger charge is -2.24. The van der Waals surface area contributed by atoms with Gasteiger partial charge >= 0.3 is 6.03 Å². The van der Waals surface area contributed by atoms with Crippen LogP contribution in [0.2, 0.25) is 0 Å². The number of hydrogen-bond donors (Lipinski definition) is 2. The average Bonchev–Trinajstić information content (AvgIpc) is 3.22. The van der Waals surface area contributed by atoms with E-state index in [1.165, 1.54) is 0 Å². The Morgan fingerprint density at radius 1 is 1.07 bits per heavy atom. The molecule has 2 N–H and O–H groups in total. The van der Waals surface area contributed by atoms with E-state index in [1.54, 1.807) is 43.4 Å². The number of nitrogens with zero attached hydrogens (tertiary/aromatic N) is 1. The summed E-state index contributed by atoms with van der Waals surface area (Å²) in [5.41, 5.74) is 1.60. The van der Waals surface area contributed by atoms with Gasteiger partial charge in [0.1, 0.15) is 17.5 Å². The molecule has 1 aliphatic rings. The summed E-state index contributed by atoms with van der Waals surface area (Å²) in [4.78, 5) is 26.9. The number of nitrogens with one attached hydrogen (secondary N) is 2. The quantitative estimate of drug-likeness (QED) is 0.804. The lowest BCUT2D eigenvalue weighted by atomic mass is 10.2. The molecule has 2 aromatic rings. The summed E-state index contributed by atoms with van der Waals surface area (Å²) in [5, 5.41) is 5.77. The zero-order valence-corrected chi connectivity index (χ0v) is 16.1. The molecular formula is C21H25N3O4. The molecule has 1 atom stereocenters. The minimum absolute atomic E-state index is 0.144. The van der Waals surface area contributed by atoms with Crippen LogP contribution >= 0.6 is 0 Å². The average molecular weight is 383 g/mol. The third-order valence-corrected chi connectivity index (χ3v) is 4.76. The molecule has 7 nitrogen and oxygen atoms in total. The first kappa shape index (κ1) is 19.5. The van der Waals surface area contributed by atoms with Crippen molar-refractivity contribution in [3.8, 4) is 11.5 Å². The second-order valence-electron chi connectivity index (χ2n) is 6.58. The van der Waals surface area contributed by atoms with Gasteiger partial charge in [-0.15, -0.1) is 0 Å². The molecule has 7 heteroatoms. The van der Waals surface area contributed by atoms with Crippen LogP contribution in [0.3, 0.4) is 0 Å². The summed E-state index contributed by atoms with van der Waals surface area (Å²) in [6, 6.07) is 13.9. The van der Waals surface area contributed by atoms with Crippen molar-refractivity contribution in [3.63, 3.8) is 0 Å². The molecule has 1 aliphatic heterocycles. The molecule has 2 aromatic carbocycles. The number of rotatable bonds is 6. The normalized spacial score (nSPS) is 15.8. The predicted molar refractivity (Wildman–Crippen MR) is 107 cm³/mol. The lowest BCUT2D eigenvalue weighted by molar-refractivity contribution is -0.124. The molecule has 1 fully saturated rings. The van der Waals surface area contributed by atoms with Crippen LogP contribution in [0.5, 0.6) is 11.5 Å². The van der Waals surface area contributed by atoms with E-state index in [1.807, 2.05) is 24.3 Å². The van der Waals surface area contributed by atoms with E-state index in [2.05, 4.69) is 10.6 Å². The summed E-state index contributed by atoms with van der Waals surface area (Å²) in [7, 11) is 3.19. The SMILES string of the molecule is COc1ccc(CNC(=O)C2CCCN2C(=O)Nc2cccc(OC)c2)cc1. The van der Waals surface area contributed by atoms with Crippen molar-refractivity contribution in [2.24, 2.45) is 0 Å². The van der Waals surface area contributed by atoms with Crippen LogP contribution in [0.15, 0.2) is 48.5 Å². The number of carbonyl (C=O) groups is 2. The summed E-state index contributed by atoms with van der Waals surface area (Å²) in [5.74, 6) is 1.29. The molecule has 0 saturated carbocycles. The molecule has 0 aromatic heterocycles. The first-order valence-electron chi connectivity index (χ1n) is 9.23. The van der Waals surface area contributed by atoms with Crippen molar-refractivity contribution in [3.05, 3.63) is 54.1 Å². The number of amides is 3. The molecule has 0 radical (unpaired) electrons. The molecule has 148 valence electrons. The van der Waals surface area contributed by atoms with Crippen LogP contribution < -0.4 is 20.1 Å². The van der Waals surface area contributed by atoms with Gasteiger partial charge < -0.3 is 25.0 Å². The van der Waals surface area contributed by atoms with E-state index in [0.29, 0.717) is 30.9 Å². The highest BCUT2D eigenvalue weighted by atomic mass is 16.5. The van der Waals surface area contributed by atoms with Gasteiger partial charge in [-0.05, 0) is 42.7 Å². The van der Waals surface area contributed by atoms with Gasteiger partial charge in [0, 0.05) is 24.8 Å². The van der Waals surface area contributed by atoms with E-state index in [9.17, 15) is 9.59 Å². The van der Waals surface area contributed by atoms with Crippen LogP contribution in [0, 0.1) is 0 Å². The van der Waals surface area contributed by atoms with Crippen molar-refractivity contribution in [1.29, 1.82) is 0 Å². The Bertz CT molecular complexity index is 823. The molecule has 1 heterocycles. The van der Waals surface area contributed by atoms with Gasteiger partial charge in [-0.2, -0.15) is 0 Å². The fraction of sp³-hybridized carbons (Fsp3) is 0.333. The molecule has 3 rings (SSSR count). The molecule has 1 unspecified atom stereocenters. The van der Waals surface area contributed by atoms with Crippen molar-refractivity contribution < 1.29 is 19.1 Å². The number of likely N-dealkylation sites (tertiary alicyclic amines) is 1. The smallest absolute Gasteiger partial charge is 0.322 e. The Hall–Kier alpha value is -3.22. The number of benzene rings is 2. The number of urea groups is 1. The van der Waals surface area contributed by atoms with Gasteiger partial charge in [0.25, 0.3) is 0 Å². The Morgan fingerprint density at radius 3 is 2.54 bits per heavy atom. The highest BCUT2D eigenvalue weighted by molar-refractivity contribution is 5.94. The third-order valence-electron chi connectivity index (χ3n) is 4.76. The fourth-order valence-electron chi connectivity index (χ4n) is 3.23. The monoisotopic (exact) mass is 383 g/mol. The first-order valence-corrected chi connectivity index (χ1v) is 9.23. The third kappa shape index (κ3) is 4.73. The summed E-state index contributed by atoms with van der Waals surface area (Å²) in [6.45, 7) is 0.959. The number of ether oxygens (including phenoxy) is 2. The van der Waals surface area contributed by atoms with Crippen molar-refractivity contribution in [2.45, 2.75) is 25.4 Å². The molecule has 3 amide bonds. The van der Waals surface area contributed by atoms with Gasteiger partial charge in [-0.25, -0.2) is 4.79 Å². The Balaban J connectivity index is 1.57. The number of methoxy groups -OCH3 is 2. The molecule has 0 spiro atoms. The topological polar surface area (TPSA) is 79.9 Å². The van der Waals surface area contributed by atoms with Gasteiger partial charge in [0.05, 0.1) is 14.2 Å². The maximum atomic E-state index is 12.7. The van der Waals surface area contributed by atoms with Gasteiger partial charge in [0.2, 0.25) is 5.91 Å². The summed E-state index contributed by atoms with van der Waals surface area (Å²) < 4.78 is 10.3. The van der Waals surface area contributed by atoms with E-state index >= 15 is 0 Å². The molecular weight excluding hydrogens is 358 g/mol. The maximum absolute atomic E-state index is 12.7. The fourth-order valence-corrected chi connectivity index (χ4v) is 3.23. The number of carbonyl (C=O) groups excluding carboxylic acids is 2. The Morgan fingerprint density at radius 2 is 1.82 bits per heavy atom. The maximum Gasteiger partial charge on any atom is 0.322 e. The van der Waals surface area contributed by atoms with Gasteiger partial charge in [-0.3, -0.25) is 4.79 Å². The predicted octanol–water partition coefficient (Wildman–Crippen LogP) is 3.02.